The Kier molecular flexibility index (Phi) is 8.18. The van der Waals surface area contributed by atoms with E-state index in [1.165, 1.54) is 42.5 Å². The van der Waals surface area contributed by atoms with Gasteiger partial charge in [-0.2, -0.15) is 0 Å². The average molecular weight is 599 g/mol. The molecule has 1 aliphatic carbocycles. The third kappa shape index (κ3) is 5.93. The molecule has 0 saturated carbocycles. The van der Waals surface area contributed by atoms with E-state index in [2.05, 4.69) is 5.32 Å². The summed E-state index contributed by atoms with van der Waals surface area (Å²) in [4.78, 5) is 37.9. The molecule has 13 heteroatoms. The van der Waals surface area contributed by atoms with Crippen LogP contribution in [0.25, 0.3) is 0 Å². The van der Waals surface area contributed by atoms with E-state index >= 15 is 0 Å². The first-order valence-corrected chi connectivity index (χ1v) is 15.7. The number of benzene rings is 3. The number of nitrogens with one attached hydrogen (secondary N) is 1. The lowest BCUT2D eigenvalue weighted by molar-refractivity contribution is -0.121. The molecule has 0 saturated heterocycles. The fourth-order valence-electron chi connectivity index (χ4n) is 4.61. The fourth-order valence-corrected chi connectivity index (χ4v) is 6.60. The summed E-state index contributed by atoms with van der Waals surface area (Å²) in [6.07, 6.45) is 0.0591. The Morgan fingerprint density at radius 2 is 1.54 bits per heavy atom. The van der Waals surface area contributed by atoms with Crippen molar-refractivity contribution in [3.63, 3.8) is 0 Å². The zero-order valence-corrected chi connectivity index (χ0v) is 23.8. The summed E-state index contributed by atoms with van der Waals surface area (Å²) in [5.41, 5.74) is 10.5. The van der Waals surface area contributed by atoms with Gasteiger partial charge in [0.25, 0.3) is 0 Å². The third-order valence-electron chi connectivity index (χ3n) is 6.87. The van der Waals surface area contributed by atoms with E-state index in [0.717, 1.165) is 6.07 Å². The van der Waals surface area contributed by atoms with Crippen LogP contribution in [0.3, 0.4) is 0 Å². The van der Waals surface area contributed by atoms with Crippen LogP contribution in [0.5, 0.6) is 0 Å². The molecular weight excluding hydrogens is 570 g/mol. The Morgan fingerprint density at radius 1 is 0.927 bits per heavy atom. The second kappa shape index (κ2) is 11.2. The molecular formula is C28H28N3O8S2-. The zero-order valence-electron chi connectivity index (χ0n) is 22.2. The molecule has 3 aromatic rings. The summed E-state index contributed by atoms with van der Waals surface area (Å²) in [6.45, 7) is 3.60. The first-order valence-electron chi connectivity index (χ1n) is 12.6. The number of anilines is 3. The summed E-state index contributed by atoms with van der Waals surface area (Å²) < 4.78 is 62.1. The van der Waals surface area contributed by atoms with Gasteiger partial charge in [0.1, 0.15) is 15.9 Å². The highest BCUT2D eigenvalue weighted by Gasteiger charge is 2.35. The number of fused-ring (bicyclic) bond motifs is 2. The highest BCUT2D eigenvalue weighted by Crippen LogP contribution is 2.40. The van der Waals surface area contributed by atoms with Crippen molar-refractivity contribution < 1.29 is 35.8 Å². The Morgan fingerprint density at radius 3 is 2.12 bits per heavy atom. The molecule has 5 N–H and O–H groups in total. The molecule has 1 unspecified atom stereocenters. The van der Waals surface area contributed by atoms with Gasteiger partial charge >= 0.3 is 0 Å². The molecule has 0 aromatic heterocycles. The van der Waals surface area contributed by atoms with E-state index in [1.807, 2.05) is 0 Å². The van der Waals surface area contributed by atoms with Crippen molar-refractivity contribution in [2.24, 2.45) is 11.7 Å². The maximum Gasteiger partial charge on any atom is 0.196 e. The molecule has 0 amide bonds. The van der Waals surface area contributed by atoms with Crippen molar-refractivity contribution >= 4 is 54.4 Å². The van der Waals surface area contributed by atoms with Gasteiger partial charge in [-0.25, -0.2) is 16.8 Å². The number of hydrogen-bond acceptors (Lipinski definition) is 11. The summed E-state index contributed by atoms with van der Waals surface area (Å²) in [6, 6.07) is 11.6. The zero-order chi connectivity index (χ0) is 30.3. The molecule has 0 fully saturated rings. The van der Waals surface area contributed by atoms with Gasteiger partial charge in [0, 0.05) is 23.2 Å². The topological polar surface area (TPSA) is 207 Å². The molecule has 3 aromatic carbocycles. The number of Topliss-reactive ketones (excluding diaryl/α,β-unsaturated/α-hetero) is 1. The van der Waals surface area contributed by atoms with Crippen molar-refractivity contribution in [1.82, 2.24) is 0 Å². The SMILES string of the molecule is CC(C)C(N)C(=O)CCCS(=O)(=O)c1cccc(Nc2cc(S(=O)(=O)[O-])c(N)c3c2C(=O)c2ccccc2C3=O)c1. The lowest BCUT2D eigenvalue weighted by Crippen LogP contribution is -2.35. The quantitative estimate of drug-likeness (QED) is 0.179. The third-order valence-corrected chi connectivity index (χ3v) is 9.54. The van der Waals surface area contributed by atoms with Crippen LogP contribution in [0.2, 0.25) is 0 Å². The highest BCUT2D eigenvalue weighted by molar-refractivity contribution is 7.91. The van der Waals surface area contributed by atoms with Crippen LogP contribution in [0.1, 0.15) is 58.5 Å². The standard InChI is InChI=1S/C28H29N3O8S2/c1-15(2)25(29)21(32)11-6-12-40(35,36)17-8-5-7-16(13-17)31-20-14-22(41(37,38)39)26(30)24-23(20)27(33)18-9-3-4-10-19(18)28(24)34/h3-5,7-10,13-15,25,31H,6,11-12,29-30H2,1-2H3,(H,37,38,39)/p-1. The number of nitrogen functional groups attached to an aromatic ring is 1. The van der Waals surface area contributed by atoms with Crippen LogP contribution < -0.4 is 16.8 Å². The van der Waals surface area contributed by atoms with E-state index in [-0.39, 0.29) is 63.3 Å². The Balaban J connectivity index is 1.71. The maximum absolute atomic E-state index is 13.5. The minimum absolute atomic E-state index is 0.00183. The van der Waals surface area contributed by atoms with Gasteiger partial charge in [-0.3, -0.25) is 14.4 Å². The summed E-state index contributed by atoms with van der Waals surface area (Å²) in [7, 11) is -9.02. The van der Waals surface area contributed by atoms with Gasteiger partial charge in [0.15, 0.2) is 21.4 Å². The van der Waals surface area contributed by atoms with Crippen LogP contribution in [0.15, 0.2) is 64.4 Å². The number of carbonyl (C=O) groups excluding carboxylic acids is 3. The van der Waals surface area contributed by atoms with Crippen LogP contribution in [-0.4, -0.2) is 50.5 Å². The van der Waals surface area contributed by atoms with E-state index in [1.54, 1.807) is 19.9 Å². The number of ketones is 3. The summed E-state index contributed by atoms with van der Waals surface area (Å²) in [5.74, 6) is -2.00. The Bertz CT molecular complexity index is 1800. The van der Waals surface area contributed by atoms with Gasteiger partial charge in [-0.1, -0.05) is 44.2 Å². The molecule has 1 aliphatic rings. The summed E-state index contributed by atoms with van der Waals surface area (Å²) in [5, 5.41) is 2.80. The number of rotatable bonds is 10. The van der Waals surface area contributed by atoms with E-state index < -0.39 is 53.7 Å². The molecule has 4 rings (SSSR count). The monoisotopic (exact) mass is 598 g/mol. The van der Waals surface area contributed by atoms with E-state index in [4.69, 9.17) is 11.5 Å². The van der Waals surface area contributed by atoms with Crippen molar-refractivity contribution in [3.05, 3.63) is 76.9 Å². The molecule has 0 radical (unpaired) electrons. The largest absolute Gasteiger partial charge is 0.744 e. The van der Waals surface area contributed by atoms with Gasteiger partial charge < -0.3 is 21.3 Å². The number of hydrogen-bond donors (Lipinski definition) is 3. The van der Waals surface area contributed by atoms with Crippen LogP contribution in [-0.2, 0) is 24.7 Å². The molecule has 41 heavy (non-hydrogen) atoms. The van der Waals surface area contributed by atoms with Gasteiger partial charge in [0.05, 0.1) is 44.1 Å². The van der Waals surface area contributed by atoms with Crippen molar-refractivity contribution in [2.45, 2.75) is 42.5 Å². The van der Waals surface area contributed by atoms with Crippen molar-refractivity contribution in [1.29, 1.82) is 0 Å². The normalized spacial score (nSPS) is 14.0. The van der Waals surface area contributed by atoms with Gasteiger partial charge in [-0.05, 0) is 36.6 Å². The first kappa shape index (κ1) is 30.1. The highest BCUT2D eigenvalue weighted by atomic mass is 32.2. The molecule has 11 nitrogen and oxygen atoms in total. The second-order valence-corrected chi connectivity index (χ2v) is 13.5. The van der Waals surface area contributed by atoms with Gasteiger partial charge in [-0.15, -0.1) is 0 Å². The molecule has 0 bridgehead atoms. The molecule has 0 spiro atoms. The first-order chi connectivity index (χ1) is 19.1. The minimum Gasteiger partial charge on any atom is -0.744 e. The molecule has 1 atom stereocenters. The van der Waals surface area contributed by atoms with Crippen LogP contribution in [0, 0.1) is 5.92 Å². The average Bonchev–Trinajstić information content (AvgIpc) is 2.91. The molecule has 0 aliphatic heterocycles. The lowest BCUT2D eigenvalue weighted by Gasteiger charge is -2.25. The molecule has 216 valence electrons. The van der Waals surface area contributed by atoms with Crippen molar-refractivity contribution in [3.8, 4) is 0 Å². The number of carbonyl (C=O) groups is 3. The maximum atomic E-state index is 13.5. The minimum atomic E-state index is -5.17. The number of sulfone groups is 1. The molecule has 0 heterocycles. The van der Waals surface area contributed by atoms with Crippen LogP contribution >= 0.6 is 0 Å². The second-order valence-electron chi connectivity index (χ2n) is 10.1. The predicted octanol–water partition coefficient (Wildman–Crippen LogP) is 2.80. The van der Waals surface area contributed by atoms with Gasteiger partial charge in [0.2, 0.25) is 0 Å². The smallest absolute Gasteiger partial charge is 0.196 e. The summed E-state index contributed by atoms with van der Waals surface area (Å²) >= 11 is 0. The van der Waals surface area contributed by atoms with E-state index in [0.29, 0.717) is 0 Å². The predicted molar refractivity (Wildman–Crippen MR) is 151 cm³/mol. The van der Waals surface area contributed by atoms with Crippen LogP contribution in [0.4, 0.5) is 17.1 Å². The van der Waals surface area contributed by atoms with E-state index in [9.17, 15) is 35.8 Å². The van der Waals surface area contributed by atoms with Crippen molar-refractivity contribution in [2.75, 3.05) is 16.8 Å². The Labute approximate surface area is 237 Å². The fraction of sp³-hybridized carbons (Fsp3) is 0.250. The number of nitrogens with two attached hydrogens (primary N) is 2. The Hall–Kier alpha value is -3.91. The lowest BCUT2D eigenvalue weighted by atomic mass is 9.82.